The highest BCUT2D eigenvalue weighted by atomic mass is 32.1. The van der Waals surface area contributed by atoms with E-state index >= 15 is 0 Å². The van der Waals surface area contributed by atoms with Crippen LogP contribution in [-0.4, -0.2) is 31.8 Å². The van der Waals surface area contributed by atoms with Gasteiger partial charge in [-0.1, -0.05) is 20.8 Å². The van der Waals surface area contributed by atoms with Crippen LogP contribution in [-0.2, 0) is 0 Å². The fourth-order valence-electron chi connectivity index (χ4n) is 2.12. The monoisotopic (exact) mass is 311 g/mol. The molecule has 1 amide bonds. The molecular formula is C15H25N3O2S. The summed E-state index contributed by atoms with van der Waals surface area (Å²) in [5.74, 6) is -0.393. The molecule has 0 bridgehead atoms. The van der Waals surface area contributed by atoms with Gasteiger partial charge in [0.1, 0.15) is 5.00 Å². The molecule has 0 radical (unpaired) electrons. The van der Waals surface area contributed by atoms with Crippen molar-refractivity contribution in [2.45, 2.75) is 34.1 Å². The van der Waals surface area contributed by atoms with Gasteiger partial charge in [-0.25, -0.2) is 0 Å². The molecule has 0 aliphatic carbocycles. The van der Waals surface area contributed by atoms with Gasteiger partial charge < -0.3 is 16.0 Å². The van der Waals surface area contributed by atoms with Gasteiger partial charge in [-0.2, -0.15) is 0 Å². The number of nitrogens with two attached hydrogens (primary N) is 1. The molecule has 0 saturated heterocycles. The van der Waals surface area contributed by atoms with E-state index in [2.05, 4.69) is 17.1 Å². The molecule has 0 atom stereocenters. The lowest BCUT2D eigenvalue weighted by Crippen LogP contribution is -2.27. The fraction of sp³-hybridized carbons (Fsp3) is 0.600. The van der Waals surface area contributed by atoms with E-state index in [0.29, 0.717) is 16.1 Å². The number of thiophene rings is 1. The highest BCUT2D eigenvalue weighted by Gasteiger charge is 2.28. The van der Waals surface area contributed by atoms with Gasteiger partial charge in [0, 0.05) is 26.1 Å². The first kappa shape index (κ1) is 17.5. The number of rotatable bonds is 7. The van der Waals surface area contributed by atoms with E-state index in [-0.39, 0.29) is 17.6 Å². The van der Waals surface area contributed by atoms with Gasteiger partial charge in [0.15, 0.2) is 5.78 Å². The Kier molecular flexibility index (Phi) is 6.20. The molecule has 118 valence electrons. The first-order chi connectivity index (χ1) is 9.88. The molecule has 5 nitrogen and oxygen atoms in total. The summed E-state index contributed by atoms with van der Waals surface area (Å²) >= 11 is 1.33. The summed E-state index contributed by atoms with van der Waals surface area (Å²) in [7, 11) is 1.57. The lowest BCUT2D eigenvalue weighted by atomic mass is 10.1. The second-order valence-electron chi connectivity index (χ2n) is 5.20. The third-order valence-corrected chi connectivity index (χ3v) is 4.57. The van der Waals surface area contributed by atoms with Gasteiger partial charge in [-0.3, -0.25) is 9.59 Å². The molecule has 0 aromatic carbocycles. The number of nitrogen functional groups attached to an aromatic ring is 1. The maximum atomic E-state index is 12.3. The molecule has 0 spiro atoms. The Morgan fingerprint density at radius 2 is 1.95 bits per heavy atom. The van der Waals surface area contributed by atoms with Crippen molar-refractivity contribution in [3.8, 4) is 0 Å². The Labute approximate surface area is 130 Å². The van der Waals surface area contributed by atoms with Crippen LogP contribution in [0.3, 0.4) is 0 Å². The maximum absolute atomic E-state index is 12.3. The van der Waals surface area contributed by atoms with Crippen LogP contribution in [0.2, 0.25) is 0 Å². The van der Waals surface area contributed by atoms with Crippen molar-refractivity contribution in [2.24, 2.45) is 5.92 Å². The zero-order valence-electron chi connectivity index (χ0n) is 13.4. The predicted octanol–water partition coefficient (Wildman–Crippen LogP) is 2.76. The SMILES string of the molecule is CCCN(CC)c1sc(C(=O)C(C)C)c(N)c1C(=O)NC. The van der Waals surface area contributed by atoms with E-state index in [1.54, 1.807) is 7.05 Å². The smallest absolute Gasteiger partial charge is 0.256 e. The lowest BCUT2D eigenvalue weighted by Gasteiger charge is -2.21. The van der Waals surface area contributed by atoms with Crippen LogP contribution >= 0.6 is 11.3 Å². The molecular weight excluding hydrogens is 286 g/mol. The van der Waals surface area contributed by atoms with Gasteiger partial charge in [-0.15, -0.1) is 11.3 Å². The maximum Gasteiger partial charge on any atom is 0.256 e. The van der Waals surface area contributed by atoms with Gasteiger partial charge >= 0.3 is 0 Å². The van der Waals surface area contributed by atoms with E-state index in [1.165, 1.54) is 11.3 Å². The van der Waals surface area contributed by atoms with E-state index in [4.69, 9.17) is 5.73 Å². The van der Waals surface area contributed by atoms with Gasteiger partial charge in [0.25, 0.3) is 5.91 Å². The van der Waals surface area contributed by atoms with Crippen LogP contribution in [0.5, 0.6) is 0 Å². The van der Waals surface area contributed by atoms with Crippen molar-refractivity contribution in [3.63, 3.8) is 0 Å². The Morgan fingerprint density at radius 3 is 2.38 bits per heavy atom. The first-order valence-electron chi connectivity index (χ1n) is 7.32. The molecule has 1 heterocycles. The third-order valence-electron chi connectivity index (χ3n) is 3.29. The van der Waals surface area contributed by atoms with Crippen LogP contribution in [0.1, 0.15) is 54.1 Å². The quantitative estimate of drug-likeness (QED) is 0.759. The van der Waals surface area contributed by atoms with Gasteiger partial charge in [0.2, 0.25) is 0 Å². The Morgan fingerprint density at radius 1 is 1.33 bits per heavy atom. The molecule has 0 aliphatic heterocycles. The van der Waals surface area contributed by atoms with Crippen molar-refractivity contribution in [1.82, 2.24) is 5.32 Å². The third kappa shape index (κ3) is 3.56. The van der Waals surface area contributed by atoms with Crippen LogP contribution in [0.4, 0.5) is 10.7 Å². The minimum Gasteiger partial charge on any atom is -0.397 e. The summed E-state index contributed by atoms with van der Waals surface area (Å²) < 4.78 is 0. The largest absolute Gasteiger partial charge is 0.397 e. The number of carbonyl (C=O) groups is 2. The van der Waals surface area contributed by atoms with Crippen molar-refractivity contribution >= 4 is 33.7 Å². The molecule has 6 heteroatoms. The average Bonchev–Trinajstić information content (AvgIpc) is 2.80. The molecule has 0 unspecified atom stereocenters. The number of Topliss-reactive ketones (excluding diaryl/α,β-unsaturated/α-hetero) is 1. The highest BCUT2D eigenvalue weighted by Crippen LogP contribution is 2.39. The molecule has 3 N–H and O–H groups in total. The zero-order chi connectivity index (χ0) is 16.2. The highest BCUT2D eigenvalue weighted by molar-refractivity contribution is 7.19. The van der Waals surface area contributed by atoms with E-state index in [9.17, 15) is 9.59 Å². The second kappa shape index (κ2) is 7.45. The Bertz CT molecular complexity index is 523. The molecule has 21 heavy (non-hydrogen) atoms. The van der Waals surface area contributed by atoms with Gasteiger partial charge in [-0.05, 0) is 13.3 Å². The summed E-state index contributed by atoms with van der Waals surface area (Å²) in [4.78, 5) is 27.0. The Hall–Kier alpha value is -1.56. The van der Waals surface area contributed by atoms with Crippen molar-refractivity contribution in [1.29, 1.82) is 0 Å². The summed E-state index contributed by atoms with van der Waals surface area (Å²) in [6.07, 6.45) is 0.965. The number of carbonyl (C=O) groups excluding carboxylic acids is 2. The van der Waals surface area contributed by atoms with Crippen molar-refractivity contribution < 1.29 is 9.59 Å². The molecule has 1 rings (SSSR count). The van der Waals surface area contributed by atoms with Crippen LogP contribution < -0.4 is 16.0 Å². The normalized spacial score (nSPS) is 10.8. The minimum absolute atomic E-state index is 0.0125. The summed E-state index contributed by atoms with van der Waals surface area (Å²) in [6, 6.07) is 0. The predicted molar refractivity (Wildman–Crippen MR) is 89.5 cm³/mol. The summed E-state index contributed by atoms with van der Waals surface area (Å²) in [5, 5.41) is 3.41. The van der Waals surface area contributed by atoms with E-state index in [0.717, 1.165) is 24.5 Å². The number of anilines is 2. The molecule has 1 aromatic rings. The van der Waals surface area contributed by atoms with Crippen LogP contribution in [0.15, 0.2) is 0 Å². The fourth-order valence-corrected chi connectivity index (χ4v) is 3.51. The number of nitrogens with one attached hydrogen (secondary N) is 1. The van der Waals surface area contributed by atoms with Crippen LogP contribution in [0.25, 0.3) is 0 Å². The zero-order valence-corrected chi connectivity index (χ0v) is 14.3. The number of hydrogen-bond donors (Lipinski definition) is 2. The van der Waals surface area contributed by atoms with E-state index in [1.807, 2.05) is 20.8 Å². The number of nitrogens with zero attached hydrogens (tertiary/aromatic N) is 1. The average molecular weight is 311 g/mol. The minimum atomic E-state index is -0.240. The molecule has 1 aromatic heterocycles. The van der Waals surface area contributed by atoms with Crippen molar-refractivity contribution in [3.05, 3.63) is 10.4 Å². The first-order valence-corrected chi connectivity index (χ1v) is 8.14. The molecule has 0 aliphatic rings. The number of amides is 1. The number of hydrogen-bond acceptors (Lipinski definition) is 5. The second-order valence-corrected chi connectivity index (χ2v) is 6.20. The number of ketones is 1. The lowest BCUT2D eigenvalue weighted by molar-refractivity contribution is 0.0944. The summed E-state index contributed by atoms with van der Waals surface area (Å²) in [5.41, 5.74) is 6.85. The van der Waals surface area contributed by atoms with E-state index < -0.39 is 0 Å². The van der Waals surface area contributed by atoms with Crippen LogP contribution in [0, 0.1) is 5.92 Å². The van der Waals surface area contributed by atoms with Gasteiger partial charge in [0.05, 0.1) is 16.1 Å². The Balaban J connectivity index is 3.43. The standard InChI is InChI=1S/C15H25N3O2S/c1-6-8-18(7-2)15-10(14(20)17-5)11(16)13(21-15)12(19)9(3)4/h9H,6-8,16H2,1-5H3,(H,17,20). The molecule has 0 fully saturated rings. The summed E-state index contributed by atoms with van der Waals surface area (Å²) in [6.45, 7) is 9.39. The van der Waals surface area contributed by atoms with Crippen molar-refractivity contribution in [2.75, 3.05) is 30.8 Å². The molecule has 0 saturated carbocycles. The topological polar surface area (TPSA) is 75.4 Å².